The third-order valence-electron chi connectivity index (χ3n) is 2.80. The largest absolute Gasteiger partial charge is 0.364 e. The van der Waals surface area contributed by atoms with Crippen LogP contribution in [-0.2, 0) is 12.8 Å². The van der Waals surface area contributed by atoms with Gasteiger partial charge in [-0.3, -0.25) is 0 Å². The van der Waals surface area contributed by atoms with Crippen LogP contribution in [0.1, 0.15) is 63.6 Å². The van der Waals surface area contributed by atoms with Crippen molar-refractivity contribution in [3.8, 4) is 0 Å². The van der Waals surface area contributed by atoms with Crippen molar-refractivity contribution >= 4 is 0 Å². The van der Waals surface area contributed by atoms with E-state index < -0.39 is 0 Å². The quantitative estimate of drug-likeness (QED) is 0.601. The Morgan fingerprint density at radius 3 is 2.33 bits per heavy atom. The molecule has 15 heavy (non-hydrogen) atoms. The van der Waals surface area contributed by atoms with Gasteiger partial charge in [-0.05, 0) is 25.7 Å². The fourth-order valence-corrected chi connectivity index (χ4v) is 1.80. The molecule has 2 nitrogen and oxygen atoms in total. The molecule has 0 bridgehead atoms. The van der Waals surface area contributed by atoms with Crippen LogP contribution in [-0.4, -0.2) is 5.16 Å². The number of aryl methyl sites for hydroxylation is 2. The molecule has 2 heteroatoms. The van der Waals surface area contributed by atoms with Gasteiger partial charge in [0.1, 0.15) is 6.26 Å². The van der Waals surface area contributed by atoms with E-state index >= 15 is 0 Å². The Morgan fingerprint density at radius 2 is 1.67 bits per heavy atom. The predicted molar refractivity (Wildman–Crippen MR) is 63.0 cm³/mol. The Labute approximate surface area is 93.0 Å². The molecule has 0 atom stereocenters. The lowest BCUT2D eigenvalue weighted by atomic mass is 10.0. The van der Waals surface area contributed by atoms with Crippen molar-refractivity contribution in [2.24, 2.45) is 0 Å². The molecule has 0 amide bonds. The molecule has 1 rings (SSSR count). The molecule has 0 saturated carbocycles. The van der Waals surface area contributed by atoms with Crippen molar-refractivity contribution in [3.05, 3.63) is 17.5 Å². The predicted octanol–water partition coefficient (Wildman–Crippen LogP) is 4.14. The van der Waals surface area contributed by atoms with Gasteiger partial charge in [-0.15, -0.1) is 0 Å². The molecule has 0 aliphatic rings. The molecule has 0 radical (unpaired) electrons. The molecule has 0 aliphatic carbocycles. The number of nitrogens with zero attached hydrogens (tertiary/aromatic N) is 1. The van der Waals surface area contributed by atoms with Crippen LogP contribution in [0.2, 0.25) is 0 Å². The highest BCUT2D eigenvalue weighted by atomic mass is 16.5. The van der Waals surface area contributed by atoms with E-state index in [1.807, 2.05) is 6.26 Å². The second-order valence-electron chi connectivity index (χ2n) is 4.20. The summed E-state index contributed by atoms with van der Waals surface area (Å²) in [6.07, 6.45) is 11.7. The van der Waals surface area contributed by atoms with Gasteiger partial charge in [0.25, 0.3) is 0 Å². The molecular weight excluding hydrogens is 186 g/mol. The lowest BCUT2D eigenvalue weighted by Crippen LogP contribution is -1.93. The molecule has 0 aromatic carbocycles. The summed E-state index contributed by atoms with van der Waals surface area (Å²) in [5.74, 6) is 0. The molecule has 1 aromatic rings. The second-order valence-corrected chi connectivity index (χ2v) is 4.20. The van der Waals surface area contributed by atoms with Crippen LogP contribution in [0, 0.1) is 0 Å². The number of hydrogen-bond donors (Lipinski definition) is 0. The van der Waals surface area contributed by atoms with Crippen LogP contribution in [0.25, 0.3) is 0 Å². The van der Waals surface area contributed by atoms with Crippen molar-refractivity contribution in [1.29, 1.82) is 0 Å². The summed E-state index contributed by atoms with van der Waals surface area (Å²) in [5.41, 5.74) is 2.53. The first-order chi connectivity index (χ1) is 7.38. The second kappa shape index (κ2) is 7.49. The van der Waals surface area contributed by atoms with E-state index in [1.54, 1.807) is 0 Å². The molecule has 0 unspecified atom stereocenters. The Hall–Kier alpha value is -0.790. The van der Waals surface area contributed by atoms with Crippen molar-refractivity contribution in [2.45, 2.75) is 65.2 Å². The summed E-state index contributed by atoms with van der Waals surface area (Å²) < 4.78 is 5.06. The summed E-state index contributed by atoms with van der Waals surface area (Å²) in [4.78, 5) is 0. The van der Waals surface area contributed by atoms with E-state index in [-0.39, 0.29) is 0 Å². The maximum Gasteiger partial charge on any atom is 0.127 e. The Balaban J connectivity index is 2.32. The highest BCUT2D eigenvalue weighted by Gasteiger charge is 2.06. The van der Waals surface area contributed by atoms with Crippen LogP contribution in [0.4, 0.5) is 0 Å². The lowest BCUT2D eigenvalue weighted by molar-refractivity contribution is 0.410. The van der Waals surface area contributed by atoms with Crippen molar-refractivity contribution in [1.82, 2.24) is 5.16 Å². The van der Waals surface area contributed by atoms with E-state index in [9.17, 15) is 0 Å². The lowest BCUT2D eigenvalue weighted by Gasteiger charge is -2.00. The number of aromatic nitrogens is 1. The molecular formula is C13H23NO. The molecule has 1 aromatic heterocycles. The van der Waals surface area contributed by atoms with Crippen LogP contribution < -0.4 is 0 Å². The monoisotopic (exact) mass is 209 g/mol. The fourth-order valence-electron chi connectivity index (χ4n) is 1.80. The summed E-state index contributed by atoms with van der Waals surface area (Å²) in [7, 11) is 0. The van der Waals surface area contributed by atoms with E-state index in [2.05, 4.69) is 19.0 Å². The van der Waals surface area contributed by atoms with Crippen molar-refractivity contribution in [2.75, 3.05) is 0 Å². The highest BCUT2D eigenvalue weighted by Crippen LogP contribution is 2.14. The Kier molecular flexibility index (Phi) is 6.14. The Bertz CT molecular complexity index is 230. The molecule has 0 fully saturated rings. The smallest absolute Gasteiger partial charge is 0.127 e. The topological polar surface area (TPSA) is 26.0 Å². The zero-order valence-corrected chi connectivity index (χ0v) is 10.1. The zero-order chi connectivity index (χ0) is 10.9. The number of rotatable bonds is 8. The average molecular weight is 209 g/mol. The minimum absolute atomic E-state index is 1.09. The van der Waals surface area contributed by atoms with Gasteiger partial charge in [-0.25, -0.2) is 0 Å². The average Bonchev–Trinajstić information content (AvgIpc) is 2.67. The summed E-state index contributed by atoms with van der Waals surface area (Å²) in [5, 5.41) is 4.09. The molecule has 86 valence electrons. The van der Waals surface area contributed by atoms with Gasteiger partial charge in [-0.2, -0.15) is 0 Å². The zero-order valence-electron chi connectivity index (χ0n) is 10.1. The van der Waals surface area contributed by atoms with E-state index in [4.69, 9.17) is 4.52 Å². The van der Waals surface area contributed by atoms with Gasteiger partial charge in [0.2, 0.25) is 0 Å². The van der Waals surface area contributed by atoms with Crippen LogP contribution in [0.5, 0.6) is 0 Å². The fraction of sp³-hybridized carbons (Fsp3) is 0.769. The van der Waals surface area contributed by atoms with Crippen LogP contribution in [0.15, 0.2) is 10.8 Å². The molecule has 1 heterocycles. The third-order valence-corrected chi connectivity index (χ3v) is 2.80. The van der Waals surface area contributed by atoms with Crippen LogP contribution in [0.3, 0.4) is 0 Å². The first kappa shape index (κ1) is 12.3. The van der Waals surface area contributed by atoms with E-state index in [0.29, 0.717) is 0 Å². The van der Waals surface area contributed by atoms with Gasteiger partial charge < -0.3 is 4.52 Å². The van der Waals surface area contributed by atoms with Gasteiger partial charge >= 0.3 is 0 Å². The standard InChI is InChI=1S/C13H23NO/c1-3-5-7-9-12-11-15-14-13(12)10-8-6-4-2/h11H,3-10H2,1-2H3. The summed E-state index contributed by atoms with van der Waals surface area (Å²) in [6.45, 7) is 4.46. The van der Waals surface area contributed by atoms with Gasteiger partial charge in [0.15, 0.2) is 0 Å². The van der Waals surface area contributed by atoms with Gasteiger partial charge in [0, 0.05) is 5.56 Å². The van der Waals surface area contributed by atoms with E-state index in [0.717, 1.165) is 12.8 Å². The van der Waals surface area contributed by atoms with Crippen molar-refractivity contribution in [3.63, 3.8) is 0 Å². The minimum atomic E-state index is 1.09. The molecule has 0 N–H and O–H groups in total. The maximum atomic E-state index is 5.06. The van der Waals surface area contributed by atoms with Gasteiger partial charge in [-0.1, -0.05) is 44.7 Å². The molecule has 0 aliphatic heterocycles. The highest BCUT2D eigenvalue weighted by molar-refractivity contribution is 5.14. The Morgan fingerprint density at radius 1 is 1.00 bits per heavy atom. The summed E-state index contributed by atoms with van der Waals surface area (Å²) >= 11 is 0. The SMILES string of the molecule is CCCCCc1conc1CCCCC. The minimum Gasteiger partial charge on any atom is -0.364 e. The molecule has 0 spiro atoms. The van der Waals surface area contributed by atoms with E-state index in [1.165, 1.54) is 49.8 Å². The number of hydrogen-bond acceptors (Lipinski definition) is 2. The third kappa shape index (κ3) is 4.50. The normalized spacial score (nSPS) is 10.8. The maximum absolute atomic E-state index is 5.06. The summed E-state index contributed by atoms with van der Waals surface area (Å²) in [6, 6.07) is 0. The van der Waals surface area contributed by atoms with Crippen LogP contribution >= 0.6 is 0 Å². The van der Waals surface area contributed by atoms with Crippen molar-refractivity contribution < 1.29 is 4.52 Å². The molecule has 0 saturated heterocycles. The first-order valence-electron chi connectivity index (χ1n) is 6.30. The number of unbranched alkanes of at least 4 members (excludes halogenated alkanes) is 4. The van der Waals surface area contributed by atoms with Gasteiger partial charge in [0.05, 0.1) is 5.69 Å². The first-order valence-corrected chi connectivity index (χ1v) is 6.30.